The molecule has 1 rings (SSSR count). The molecular formula is C12H26N2O3S. The van der Waals surface area contributed by atoms with E-state index in [4.69, 9.17) is 5.11 Å². The topological polar surface area (TPSA) is 60.9 Å². The zero-order valence-corrected chi connectivity index (χ0v) is 12.5. The van der Waals surface area contributed by atoms with Crippen molar-refractivity contribution < 1.29 is 13.5 Å². The van der Waals surface area contributed by atoms with Crippen LogP contribution < -0.4 is 0 Å². The number of aliphatic hydroxyl groups is 1. The van der Waals surface area contributed by atoms with Gasteiger partial charge in [-0.1, -0.05) is 13.8 Å². The molecule has 0 bridgehead atoms. The van der Waals surface area contributed by atoms with Crippen molar-refractivity contribution in [2.45, 2.75) is 45.6 Å². The van der Waals surface area contributed by atoms with Crippen LogP contribution in [0.1, 0.15) is 39.5 Å². The predicted molar refractivity (Wildman–Crippen MR) is 72.4 cm³/mol. The molecule has 0 aliphatic heterocycles. The van der Waals surface area contributed by atoms with Crippen LogP contribution in [0.3, 0.4) is 0 Å². The molecule has 0 aromatic rings. The summed E-state index contributed by atoms with van der Waals surface area (Å²) in [6, 6.07) is 0.199. The van der Waals surface area contributed by atoms with Gasteiger partial charge in [-0.3, -0.25) is 0 Å². The Morgan fingerprint density at radius 3 is 2.33 bits per heavy atom. The van der Waals surface area contributed by atoms with Crippen molar-refractivity contribution in [1.29, 1.82) is 0 Å². The van der Waals surface area contributed by atoms with Crippen molar-refractivity contribution in [2.24, 2.45) is 5.92 Å². The lowest BCUT2D eigenvalue weighted by Crippen LogP contribution is -2.44. The van der Waals surface area contributed by atoms with Crippen LogP contribution in [0, 0.1) is 5.92 Å². The van der Waals surface area contributed by atoms with E-state index in [0.29, 0.717) is 25.4 Å². The lowest BCUT2D eigenvalue weighted by Gasteiger charge is -2.28. The van der Waals surface area contributed by atoms with E-state index in [0.717, 1.165) is 19.3 Å². The Kier molecular flexibility index (Phi) is 6.04. The number of aliphatic hydroxyl groups excluding tert-OH is 1. The molecule has 0 saturated heterocycles. The molecule has 0 aromatic carbocycles. The second kappa shape index (κ2) is 6.84. The van der Waals surface area contributed by atoms with Gasteiger partial charge < -0.3 is 5.11 Å². The van der Waals surface area contributed by atoms with Gasteiger partial charge in [-0.2, -0.15) is 17.0 Å². The molecular weight excluding hydrogens is 252 g/mol. The van der Waals surface area contributed by atoms with E-state index in [1.807, 2.05) is 0 Å². The van der Waals surface area contributed by atoms with Gasteiger partial charge in [0.2, 0.25) is 0 Å². The zero-order valence-electron chi connectivity index (χ0n) is 11.7. The maximum Gasteiger partial charge on any atom is 0.281 e. The van der Waals surface area contributed by atoms with Gasteiger partial charge in [0.1, 0.15) is 0 Å². The van der Waals surface area contributed by atoms with Gasteiger partial charge in [-0.05, 0) is 31.6 Å². The molecule has 1 fully saturated rings. The Balaban J connectivity index is 2.64. The van der Waals surface area contributed by atoms with E-state index in [9.17, 15) is 8.42 Å². The van der Waals surface area contributed by atoms with E-state index < -0.39 is 10.2 Å². The van der Waals surface area contributed by atoms with E-state index in [2.05, 4.69) is 13.8 Å². The first-order chi connectivity index (χ1) is 8.39. The summed E-state index contributed by atoms with van der Waals surface area (Å²) in [4.78, 5) is 0. The minimum atomic E-state index is -3.35. The van der Waals surface area contributed by atoms with Crippen LogP contribution in [0.25, 0.3) is 0 Å². The van der Waals surface area contributed by atoms with E-state index >= 15 is 0 Å². The highest BCUT2D eigenvalue weighted by Crippen LogP contribution is 2.30. The number of rotatable bonds is 9. The molecule has 1 saturated carbocycles. The third kappa shape index (κ3) is 4.50. The monoisotopic (exact) mass is 278 g/mol. The Labute approximate surface area is 111 Å². The highest BCUT2D eigenvalue weighted by molar-refractivity contribution is 7.86. The van der Waals surface area contributed by atoms with Crippen LogP contribution in [-0.4, -0.2) is 54.9 Å². The number of hydrogen-bond donors (Lipinski definition) is 1. The summed E-state index contributed by atoms with van der Waals surface area (Å²) in [6.07, 6.45) is 3.33. The minimum Gasteiger partial charge on any atom is -0.396 e. The second-order valence-corrected chi connectivity index (χ2v) is 7.42. The Morgan fingerprint density at radius 2 is 1.89 bits per heavy atom. The fraction of sp³-hybridized carbons (Fsp3) is 1.00. The van der Waals surface area contributed by atoms with E-state index in [-0.39, 0.29) is 12.6 Å². The Bertz CT molecular complexity index is 339. The summed E-state index contributed by atoms with van der Waals surface area (Å²) in [5, 5.41) is 8.78. The predicted octanol–water partition coefficient (Wildman–Crippen LogP) is 1.06. The van der Waals surface area contributed by atoms with E-state index in [1.54, 1.807) is 11.4 Å². The lowest BCUT2D eigenvalue weighted by molar-refractivity contribution is 0.269. The lowest BCUT2D eigenvalue weighted by atomic mass is 10.1. The molecule has 18 heavy (non-hydrogen) atoms. The highest BCUT2D eigenvalue weighted by atomic mass is 32.2. The summed E-state index contributed by atoms with van der Waals surface area (Å²) in [5.41, 5.74) is 0. The van der Waals surface area contributed by atoms with Gasteiger partial charge in [0.15, 0.2) is 0 Å². The molecule has 0 heterocycles. The number of nitrogens with zero attached hydrogens (tertiary/aromatic N) is 2. The first kappa shape index (κ1) is 15.9. The van der Waals surface area contributed by atoms with Gasteiger partial charge >= 0.3 is 0 Å². The first-order valence-corrected chi connectivity index (χ1v) is 8.13. The fourth-order valence-corrected chi connectivity index (χ4v) is 3.46. The van der Waals surface area contributed by atoms with Gasteiger partial charge in [0.05, 0.1) is 0 Å². The maximum atomic E-state index is 12.4. The quantitative estimate of drug-likeness (QED) is 0.686. The van der Waals surface area contributed by atoms with Crippen molar-refractivity contribution >= 4 is 10.2 Å². The SMILES string of the molecule is CC(C)CCN(C1CC1)S(=O)(=O)N(C)CCCO. The molecule has 0 unspecified atom stereocenters. The van der Waals surface area contributed by atoms with Crippen molar-refractivity contribution in [3.8, 4) is 0 Å². The van der Waals surface area contributed by atoms with Crippen LogP contribution in [0.2, 0.25) is 0 Å². The molecule has 0 aromatic heterocycles. The van der Waals surface area contributed by atoms with Crippen LogP contribution in [0.15, 0.2) is 0 Å². The molecule has 0 atom stereocenters. The van der Waals surface area contributed by atoms with Gasteiger partial charge in [-0.15, -0.1) is 0 Å². The molecule has 5 nitrogen and oxygen atoms in total. The standard InChI is InChI=1S/C12H26N2O3S/c1-11(2)7-9-14(12-5-6-12)18(16,17)13(3)8-4-10-15/h11-12,15H,4-10H2,1-3H3. The average Bonchev–Trinajstić information content (AvgIpc) is 3.09. The van der Waals surface area contributed by atoms with Gasteiger partial charge in [0, 0.05) is 32.8 Å². The molecule has 0 amide bonds. The highest BCUT2D eigenvalue weighted by Gasteiger charge is 2.38. The summed E-state index contributed by atoms with van der Waals surface area (Å²) in [5.74, 6) is 0.504. The van der Waals surface area contributed by atoms with Gasteiger partial charge in [0.25, 0.3) is 10.2 Å². The van der Waals surface area contributed by atoms with Crippen LogP contribution >= 0.6 is 0 Å². The van der Waals surface area contributed by atoms with Crippen LogP contribution in [0.5, 0.6) is 0 Å². The van der Waals surface area contributed by atoms with Gasteiger partial charge in [-0.25, -0.2) is 0 Å². The normalized spacial score (nSPS) is 17.1. The molecule has 1 aliphatic rings. The van der Waals surface area contributed by atoms with Crippen LogP contribution in [0.4, 0.5) is 0 Å². The third-order valence-corrected chi connectivity index (χ3v) is 5.25. The van der Waals surface area contributed by atoms with Crippen molar-refractivity contribution in [3.05, 3.63) is 0 Å². The zero-order chi connectivity index (χ0) is 13.8. The van der Waals surface area contributed by atoms with Crippen molar-refractivity contribution in [3.63, 3.8) is 0 Å². The summed E-state index contributed by atoms with van der Waals surface area (Å²) < 4.78 is 27.8. The second-order valence-electron chi connectivity index (χ2n) is 5.43. The molecule has 0 radical (unpaired) electrons. The van der Waals surface area contributed by atoms with Crippen molar-refractivity contribution in [1.82, 2.24) is 8.61 Å². The molecule has 0 spiro atoms. The maximum absolute atomic E-state index is 12.4. The minimum absolute atomic E-state index is 0.0231. The van der Waals surface area contributed by atoms with E-state index in [1.165, 1.54) is 4.31 Å². The van der Waals surface area contributed by atoms with Crippen LogP contribution in [-0.2, 0) is 10.2 Å². The first-order valence-electron chi connectivity index (χ1n) is 6.73. The molecule has 1 N–H and O–H groups in total. The Morgan fingerprint density at radius 1 is 1.28 bits per heavy atom. The third-order valence-electron chi connectivity index (χ3n) is 3.20. The average molecular weight is 278 g/mol. The molecule has 1 aliphatic carbocycles. The number of hydrogen-bond acceptors (Lipinski definition) is 3. The molecule has 108 valence electrons. The largest absolute Gasteiger partial charge is 0.396 e. The smallest absolute Gasteiger partial charge is 0.281 e. The Hall–Kier alpha value is -0.170. The summed E-state index contributed by atoms with van der Waals surface area (Å²) in [6.45, 7) is 5.22. The summed E-state index contributed by atoms with van der Waals surface area (Å²) in [7, 11) is -1.76. The fourth-order valence-electron chi connectivity index (χ4n) is 1.82. The summed E-state index contributed by atoms with van der Waals surface area (Å²) >= 11 is 0. The van der Waals surface area contributed by atoms with Crippen molar-refractivity contribution in [2.75, 3.05) is 26.7 Å². The molecule has 6 heteroatoms.